The van der Waals surface area contributed by atoms with Crippen molar-refractivity contribution in [1.29, 1.82) is 0 Å². The fourth-order valence-electron chi connectivity index (χ4n) is 6.64. The van der Waals surface area contributed by atoms with Gasteiger partial charge in [-0.05, 0) is 53.0 Å². The normalized spacial score (nSPS) is 29.3. The van der Waals surface area contributed by atoms with Gasteiger partial charge in [0.15, 0.2) is 11.0 Å². The minimum Gasteiger partial charge on any atom is -0.461 e. The number of carbonyl (C=O) groups is 1. The summed E-state index contributed by atoms with van der Waals surface area (Å²) in [6, 6.07) is -0.0953. The Balaban J connectivity index is 1.30. The standard InChI is InChI=1S/C26H33ClF2N6O3/c1-25(2,3)38-24(36)35-16-5-6-17(35)13-33(12-16)22-18-10-30-21(27)19(29)20(18)31-23(32-22)37-14-26-7-4-8-34(26)11-15(28)9-26/h10,15-17H,4-9,11-14H2,1-3H3/t15-,16-,17-,26+/m0/s1. The predicted octanol–water partition coefficient (Wildman–Crippen LogP) is 4.36. The number of hydrogen-bond acceptors (Lipinski definition) is 8. The summed E-state index contributed by atoms with van der Waals surface area (Å²) in [5, 5.41) is 0.147. The molecular weight excluding hydrogens is 518 g/mol. The number of piperazine rings is 1. The summed E-state index contributed by atoms with van der Waals surface area (Å²) in [6.07, 6.45) is 4.20. The Morgan fingerprint density at radius 3 is 2.66 bits per heavy atom. The number of fused-ring (bicyclic) bond motifs is 4. The Morgan fingerprint density at radius 1 is 1.21 bits per heavy atom. The van der Waals surface area contributed by atoms with E-state index in [1.54, 1.807) is 0 Å². The number of pyridine rings is 1. The van der Waals surface area contributed by atoms with E-state index in [9.17, 15) is 9.18 Å². The van der Waals surface area contributed by atoms with E-state index in [4.69, 9.17) is 26.1 Å². The highest BCUT2D eigenvalue weighted by Crippen LogP contribution is 2.41. The zero-order chi connectivity index (χ0) is 26.8. The number of hydrogen-bond donors (Lipinski definition) is 0. The average molecular weight is 551 g/mol. The third-order valence-corrected chi connectivity index (χ3v) is 8.48. The molecule has 4 atom stereocenters. The fraction of sp³-hybridized carbons (Fsp3) is 0.692. The monoisotopic (exact) mass is 550 g/mol. The third-order valence-electron chi connectivity index (χ3n) is 8.22. The van der Waals surface area contributed by atoms with Crippen molar-refractivity contribution in [1.82, 2.24) is 24.8 Å². The maximum atomic E-state index is 15.1. The SMILES string of the molecule is CC(C)(C)OC(=O)N1[C@H]2CC[C@H]1CN(c1nc(OC[C@]34CCCN3C[C@@H](F)C4)nc3c(F)c(Cl)ncc13)C2. The van der Waals surface area contributed by atoms with E-state index in [-0.39, 0.29) is 47.0 Å². The molecule has 0 aliphatic carbocycles. The molecule has 6 heterocycles. The van der Waals surface area contributed by atoms with Gasteiger partial charge in [-0.1, -0.05) is 11.6 Å². The van der Waals surface area contributed by atoms with Crippen molar-refractivity contribution in [2.24, 2.45) is 0 Å². The number of halogens is 3. The minimum atomic E-state index is -0.883. The van der Waals surface area contributed by atoms with Gasteiger partial charge in [-0.15, -0.1) is 0 Å². The molecule has 0 aromatic carbocycles. The van der Waals surface area contributed by atoms with Crippen molar-refractivity contribution in [2.75, 3.05) is 37.7 Å². The second-order valence-corrected chi connectivity index (χ2v) is 12.4. The number of carbonyl (C=O) groups excluding carboxylic acids is 1. The van der Waals surface area contributed by atoms with E-state index in [1.165, 1.54) is 6.20 Å². The highest BCUT2D eigenvalue weighted by molar-refractivity contribution is 6.30. The van der Waals surface area contributed by atoms with Crippen LogP contribution in [0.25, 0.3) is 10.9 Å². The van der Waals surface area contributed by atoms with Crippen LogP contribution in [0.5, 0.6) is 6.01 Å². The maximum Gasteiger partial charge on any atom is 0.410 e. The lowest BCUT2D eigenvalue weighted by Gasteiger charge is -2.42. The van der Waals surface area contributed by atoms with Crippen LogP contribution in [0.1, 0.15) is 52.9 Å². The number of alkyl halides is 1. The summed E-state index contributed by atoms with van der Waals surface area (Å²) < 4.78 is 41.1. The Kier molecular flexibility index (Phi) is 6.29. The van der Waals surface area contributed by atoms with Crippen LogP contribution >= 0.6 is 11.6 Å². The van der Waals surface area contributed by atoms with Crippen LogP contribution in [0.2, 0.25) is 5.15 Å². The number of anilines is 1. The van der Waals surface area contributed by atoms with E-state index >= 15 is 4.39 Å². The Labute approximate surface area is 225 Å². The van der Waals surface area contributed by atoms with Gasteiger partial charge in [0, 0.05) is 32.3 Å². The Bertz CT molecular complexity index is 1250. The first-order chi connectivity index (χ1) is 18.0. The van der Waals surface area contributed by atoms with Crippen LogP contribution in [0, 0.1) is 5.82 Å². The smallest absolute Gasteiger partial charge is 0.410 e. The lowest BCUT2D eigenvalue weighted by Crippen LogP contribution is -2.57. The van der Waals surface area contributed by atoms with E-state index in [0.29, 0.717) is 37.3 Å². The quantitative estimate of drug-likeness (QED) is 0.519. The van der Waals surface area contributed by atoms with Gasteiger partial charge in [0.05, 0.1) is 23.0 Å². The lowest BCUT2D eigenvalue weighted by molar-refractivity contribution is 0.0122. The molecule has 9 nitrogen and oxygen atoms in total. The second-order valence-electron chi connectivity index (χ2n) is 12.0. The van der Waals surface area contributed by atoms with Crippen LogP contribution in [0.4, 0.5) is 19.4 Å². The highest BCUT2D eigenvalue weighted by Gasteiger charge is 2.49. The molecular formula is C26H33ClF2N6O3. The van der Waals surface area contributed by atoms with Gasteiger partial charge in [-0.3, -0.25) is 9.80 Å². The third kappa shape index (κ3) is 4.51. The lowest BCUT2D eigenvalue weighted by atomic mass is 9.95. The first-order valence-electron chi connectivity index (χ1n) is 13.3. The van der Waals surface area contributed by atoms with Crippen molar-refractivity contribution in [3.63, 3.8) is 0 Å². The molecule has 0 N–H and O–H groups in total. The summed E-state index contributed by atoms with van der Waals surface area (Å²) in [7, 11) is 0. The van der Waals surface area contributed by atoms with Crippen LogP contribution in [0.15, 0.2) is 6.20 Å². The van der Waals surface area contributed by atoms with Gasteiger partial charge in [0.25, 0.3) is 0 Å². The molecule has 4 saturated heterocycles. The van der Waals surface area contributed by atoms with Gasteiger partial charge < -0.3 is 14.4 Å². The summed E-state index contributed by atoms with van der Waals surface area (Å²) >= 11 is 6.00. The predicted molar refractivity (Wildman–Crippen MR) is 138 cm³/mol. The molecule has 0 spiro atoms. The molecule has 0 saturated carbocycles. The molecule has 206 valence electrons. The molecule has 2 bridgehead atoms. The summed E-state index contributed by atoms with van der Waals surface area (Å²) in [5.41, 5.74) is -0.937. The number of aromatic nitrogens is 3. The van der Waals surface area contributed by atoms with E-state index in [0.717, 1.165) is 32.2 Å². The maximum absolute atomic E-state index is 15.1. The van der Waals surface area contributed by atoms with Crippen LogP contribution in [0.3, 0.4) is 0 Å². The molecule has 1 amide bonds. The molecule has 6 rings (SSSR count). The summed E-state index contributed by atoms with van der Waals surface area (Å²) in [6.45, 7) is 8.06. The number of nitrogens with zero attached hydrogens (tertiary/aromatic N) is 6. The van der Waals surface area contributed by atoms with Crippen molar-refractivity contribution in [3.05, 3.63) is 17.2 Å². The zero-order valence-corrected chi connectivity index (χ0v) is 22.7. The largest absolute Gasteiger partial charge is 0.461 e. The summed E-state index contributed by atoms with van der Waals surface area (Å²) in [4.78, 5) is 32.0. The minimum absolute atomic E-state index is 0.0270. The molecule has 0 radical (unpaired) electrons. The molecule has 2 aromatic heterocycles. The number of amides is 1. The van der Waals surface area contributed by atoms with Crippen molar-refractivity contribution >= 4 is 34.4 Å². The molecule has 4 aliphatic rings. The van der Waals surface area contributed by atoms with Crippen molar-refractivity contribution in [2.45, 2.75) is 82.3 Å². The first kappa shape index (κ1) is 25.7. The first-order valence-corrected chi connectivity index (χ1v) is 13.7. The van der Waals surface area contributed by atoms with Crippen LogP contribution in [-0.4, -0.2) is 93.0 Å². The average Bonchev–Trinajstić information content (AvgIpc) is 3.46. The Hall–Kier alpha value is -2.53. The van der Waals surface area contributed by atoms with E-state index < -0.39 is 17.6 Å². The number of ether oxygens (including phenoxy) is 2. The number of rotatable bonds is 4. The fourth-order valence-corrected chi connectivity index (χ4v) is 6.78. The zero-order valence-electron chi connectivity index (χ0n) is 21.9. The second kappa shape index (κ2) is 9.29. The molecule has 12 heteroatoms. The molecule has 0 unspecified atom stereocenters. The Morgan fingerprint density at radius 2 is 1.95 bits per heavy atom. The topological polar surface area (TPSA) is 83.9 Å². The molecule has 38 heavy (non-hydrogen) atoms. The van der Waals surface area contributed by atoms with Crippen LogP contribution < -0.4 is 9.64 Å². The van der Waals surface area contributed by atoms with E-state index in [1.807, 2.05) is 30.6 Å². The molecule has 4 fully saturated rings. The van der Waals surface area contributed by atoms with Gasteiger partial charge >= 0.3 is 12.1 Å². The molecule has 2 aromatic rings. The van der Waals surface area contributed by atoms with Gasteiger partial charge in [0.2, 0.25) is 0 Å². The van der Waals surface area contributed by atoms with E-state index in [2.05, 4.69) is 14.9 Å². The summed E-state index contributed by atoms with van der Waals surface area (Å²) in [5.74, 6) is -0.247. The van der Waals surface area contributed by atoms with Crippen LogP contribution in [-0.2, 0) is 4.74 Å². The van der Waals surface area contributed by atoms with Crippen molar-refractivity contribution < 1.29 is 23.0 Å². The van der Waals surface area contributed by atoms with Gasteiger partial charge in [-0.25, -0.2) is 18.6 Å². The van der Waals surface area contributed by atoms with Gasteiger partial charge in [-0.2, -0.15) is 9.97 Å². The molecule has 4 aliphatic heterocycles. The van der Waals surface area contributed by atoms with Crippen molar-refractivity contribution in [3.8, 4) is 6.01 Å². The highest BCUT2D eigenvalue weighted by atomic mass is 35.5. The van der Waals surface area contributed by atoms with Gasteiger partial charge in [0.1, 0.15) is 29.7 Å².